The Morgan fingerprint density at radius 3 is 2.69 bits per heavy atom. The van der Waals surface area contributed by atoms with Gasteiger partial charge in [0.05, 0.1) is 5.69 Å². The molecular formula is C8H11N3O2. The first-order valence-electron chi connectivity index (χ1n) is 3.95. The van der Waals surface area contributed by atoms with E-state index < -0.39 is 11.5 Å². The first kappa shape index (κ1) is 9.44. The number of aromatic nitrogens is 2. The van der Waals surface area contributed by atoms with Gasteiger partial charge < -0.3 is 10.7 Å². The average molecular weight is 181 g/mol. The first-order chi connectivity index (χ1) is 6.06. The van der Waals surface area contributed by atoms with Crippen LogP contribution in [-0.2, 0) is 6.42 Å². The van der Waals surface area contributed by atoms with Crippen molar-refractivity contribution in [2.45, 2.75) is 20.3 Å². The number of H-pyrrole nitrogens is 1. The number of nitrogens with one attached hydrogen (secondary N) is 1. The highest BCUT2D eigenvalue weighted by Gasteiger charge is 2.10. The van der Waals surface area contributed by atoms with Crippen molar-refractivity contribution in [2.75, 3.05) is 0 Å². The predicted octanol–water partition coefficient (Wildman–Crippen LogP) is -0.260. The molecule has 0 fully saturated rings. The summed E-state index contributed by atoms with van der Waals surface area (Å²) >= 11 is 0. The molecule has 0 aliphatic rings. The van der Waals surface area contributed by atoms with Crippen LogP contribution in [0.1, 0.15) is 28.8 Å². The van der Waals surface area contributed by atoms with Crippen LogP contribution in [-0.4, -0.2) is 15.9 Å². The van der Waals surface area contributed by atoms with E-state index in [9.17, 15) is 9.59 Å². The molecule has 1 heterocycles. The molecule has 0 saturated carbocycles. The van der Waals surface area contributed by atoms with Gasteiger partial charge in [-0.05, 0) is 13.3 Å². The fourth-order valence-electron chi connectivity index (χ4n) is 1.08. The number of amides is 1. The molecule has 1 aromatic heterocycles. The molecular weight excluding hydrogens is 170 g/mol. The Morgan fingerprint density at radius 1 is 1.62 bits per heavy atom. The van der Waals surface area contributed by atoms with E-state index in [1.807, 2.05) is 6.92 Å². The zero-order chi connectivity index (χ0) is 10.0. The molecule has 0 saturated heterocycles. The molecule has 5 nitrogen and oxygen atoms in total. The van der Waals surface area contributed by atoms with Crippen molar-refractivity contribution < 1.29 is 4.79 Å². The average Bonchev–Trinajstić information content (AvgIpc) is 2.07. The van der Waals surface area contributed by atoms with Crippen LogP contribution in [0.2, 0.25) is 0 Å². The quantitative estimate of drug-likeness (QED) is 0.658. The Balaban J connectivity index is 3.37. The van der Waals surface area contributed by atoms with E-state index in [0.29, 0.717) is 12.1 Å². The van der Waals surface area contributed by atoms with Gasteiger partial charge in [-0.25, -0.2) is 4.98 Å². The first-order valence-corrected chi connectivity index (χ1v) is 3.95. The van der Waals surface area contributed by atoms with Crippen molar-refractivity contribution >= 4 is 5.91 Å². The van der Waals surface area contributed by atoms with Crippen LogP contribution in [0.25, 0.3) is 0 Å². The van der Waals surface area contributed by atoms with Crippen molar-refractivity contribution in [1.29, 1.82) is 0 Å². The number of carbonyl (C=O) groups excluding carboxylic acids is 1. The highest BCUT2D eigenvalue weighted by molar-refractivity contribution is 5.90. The molecule has 1 amide bonds. The minimum Gasteiger partial charge on any atom is -0.364 e. The molecule has 0 radical (unpaired) electrons. The standard InChI is InChI=1S/C8H11N3O2/c1-3-5-4(2)10-6(7(9)12)8(13)11-5/h3H2,1-2H3,(H2,9,12)(H,11,13). The van der Waals surface area contributed by atoms with Gasteiger partial charge >= 0.3 is 0 Å². The molecule has 13 heavy (non-hydrogen) atoms. The lowest BCUT2D eigenvalue weighted by Gasteiger charge is -2.02. The van der Waals surface area contributed by atoms with Gasteiger partial charge in [-0.1, -0.05) is 6.92 Å². The summed E-state index contributed by atoms with van der Waals surface area (Å²) in [7, 11) is 0. The highest BCUT2D eigenvalue weighted by atomic mass is 16.2. The van der Waals surface area contributed by atoms with Crippen molar-refractivity contribution in [2.24, 2.45) is 5.73 Å². The Labute approximate surface area is 75.0 Å². The van der Waals surface area contributed by atoms with E-state index in [1.165, 1.54) is 0 Å². The molecule has 0 aromatic carbocycles. The third kappa shape index (κ3) is 1.74. The van der Waals surface area contributed by atoms with Gasteiger partial charge in [0.1, 0.15) is 0 Å². The van der Waals surface area contributed by atoms with Gasteiger partial charge in [0.15, 0.2) is 5.69 Å². The second-order valence-electron chi connectivity index (χ2n) is 2.70. The Bertz CT molecular complexity index is 395. The number of primary amides is 1. The number of rotatable bonds is 2. The number of aryl methyl sites for hydroxylation is 2. The topological polar surface area (TPSA) is 88.8 Å². The van der Waals surface area contributed by atoms with Crippen LogP contribution in [0.4, 0.5) is 0 Å². The largest absolute Gasteiger partial charge is 0.364 e. The molecule has 0 aliphatic carbocycles. The molecule has 1 rings (SSSR count). The summed E-state index contributed by atoms with van der Waals surface area (Å²) < 4.78 is 0. The third-order valence-corrected chi connectivity index (χ3v) is 1.78. The summed E-state index contributed by atoms with van der Waals surface area (Å²) in [5, 5.41) is 0. The van der Waals surface area contributed by atoms with E-state index >= 15 is 0 Å². The Morgan fingerprint density at radius 2 is 2.23 bits per heavy atom. The zero-order valence-corrected chi connectivity index (χ0v) is 7.55. The minimum atomic E-state index is -0.799. The van der Waals surface area contributed by atoms with Crippen LogP contribution in [0.3, 0.4) is 0 Å². The molecule has 0 unspecified atom stereocenters. The number of aromatic amines is 1. The normalized spacial score (nSPS) is 10.0. The van der Waals surface area contributed by atoms with Crippen LogP contribution in [0.15, 0.2) is 4.79 Å². The highest BCUT2D eigenvalue weighted by Crippen LogP contribution is 1.99. The molecule has 0 spiro atoms. The second kappa shape index (κ2) is 3.38. The maximum Gasteiger partial charge on any atom is 0.279 e. The van der Waals surface area contributed by atoms with E-state index in [2.05, 4.69) is 9.97 Å². The molecule has 0 atom stereocenters. The van der Waals surface area contributed by atoms with Gasteiger partial charge in [-0.3, -0.25) is 9.59 Å². The zero-order valence-electron chi connectivity index (χ0n) is 7.55. The number of hydrogen-bond acceptors (Lipinski definition) is 3. The summed E-state index contributed by atoms with van der Waals surface area (Å²) in [6.07, 6.45) is 0.674. The molecule has 70 valence electrons. The summed E-state index contributed by atoms with van der Waals surface area (Å²) in [6, 6.07) is 0. The summed E-state index contributed by atoms with van der Waals surface area (Å²) in [5.74, 6) is -0.799. The predicted molar refractivity (Wildman–Crippen MR) is 47.5 cm³/mol. The summed E-state index contributed by atoms with van der Waals surface area (Å²) in [4.78, 5) is 28.3. The van der Waals surface area contributed by atoms with Crippen molar-refractivity contribution in [3.8, 4) is 0 Å². The van der Waals surface area contributed by atoms with E-state index in [-0.39, 0.29) is 5.69 Å². The van der Waals surface area contributed by atoms with Crippen LogP contribution >= 0.6 is 0 Å². The SMILES string of the molecule is CCc1[nH]c(=O)c(C(N)=O)nc1C. The molecule has 1 aromatic rings. The molecule has 3 N–H and O–H groups in total. The number of carbonyl (C=O) groups is 1. The van der Waals surface area contributed by atoms with Crippen molar-refractivity contribution in [3.63, 3.8) is 0 Å². The number of nitrogens with two attached hydrogens (primary N) is 1. The van der Waals surface area contributed by atoms with Crippen molar-refractivity contribution in [1.82, 2.24) is 9.97 Å². The van der Waals surface area contributed by atoms with E-state index in [0.717, 1.165) is 5.69 Å². The minimum absolute atomic E-state index is 0.227. The lowest BCUT2D eigenvalue weighted by Crippen LogP contribution is -2.27. The van der Waals surface area contributed by atoms with Crippen LogP contribution < -0.4 is 11.3 Å². The smallest absolute Gasteiger partial charge is 0.279 e. The van der Waals surface area contributed by atoms with Gasteiger partial charge in [-0.2, -0.15) is 0 Å². The molecule has 0 aliphatic heterocycles. The van der Waals surface area contributed by atoms with Gasteiger partial charge in [0, 0.05) is 5.69 Å². The summed E-state index contributed by atoms with van der Waals surface area (Å²) in [6.45, 7) is 3.62. The monoisotopic (exact) mass is 181 g/mol. The van der Waals surface area contributed by atoms with E-state index in [1.54, 1.807) is 6.92 Å². The molecule has 5 heteroatoms. The van der Waals surface area contributed by atoms with Gasteiger partial charge in [0.25, 0.3) is 11.5 Å². The summed E-state index contributed by atoms with van der Waals surface area (Å²) in [5.41, 5.74) is 5.57. The lowest BCUT2D eigenvalue weighted by atomic mass is 10.2. The van der Waals surface area contributed by atoms with Crippen LogP contribution in [0, 0.1) is 6.92 Å². The van der Waals surface area contributed by atoms with Gasteiger partial charge in [0.2, 0.25) is 0 Å². The van der Waals surface area contributed by atoms with E-state index in [4.69, 9.17) is 5.73 Å². The number of hydrogen-bond donors (Lipinski definition) is 2. The fourth-order valence-corrected chi connectivity index (χ4v) is 1.08. The number of nitrogens with zero attached hydrogens (tertiary/aromatic N) is 1. The Kier molecular flexibility index (Phi) is 2.46. The second-order valence-corrected chi connectivity index (χ2v) is 2.70. The maximum atomic E-state index is 11.2. The van der Waals surface area contributed by atoms with Gasteiger partial charge in [-0.15, -0.1) is 0 Å². The van der Waals surface area contributed by atoms with Crippen LogP contribution in [0.5, 0.6) is 0 Å². The maximum absolute atomic E-state index is 11.2. The lowest BCUT2D eigenvalue weighted by molar-refractivity contribution is 0.0993. The third-order valence-electron chi connectivity index (χ3n) is 1.78. The Hall–Kier alpha value is -1.65. The molecule has 0 bridgehead atoms. The fraction of sp³-hybridized carbons (Fsp3) is 0.375. The van der Waals surface area contributed by atoms with Crippen molar-refractivity contribution in [3.05, 3.63) is 27.4 Å².